The Morgan fingerprint density at radius 1 is 1.29 bits per heavy atom. The number of nitrogens with zero attached hydrogens (tertiary/aromatic N) is 4. The van der Waals surface area contributed by atoms with Crippen molar-refractivity contribution in [1.82, 2.24) is 24.7 Å². The van der Waals surface area contributed by atoms with Crippen LogP contribution in [0.3, 0.4) is 0 Å². The summed E-state index contributed by atoms with van der Waals surface area (Å²) in [6.45, 7) is 3.85. The van der Waals surface area contributed by atoms with Crippen LogP contribution < -0.4 is 11.4 Å². The Kier molecular flexibility index (Phi) is 3.38. The SMILES string of the molecule is CC(C)n1c(Sc2nc(N)nc3ccccc23)n[nH]c1=O. The molecule has 0 amide bonds. The quantitative estimate of drug-likeness (QED) is 0.715. The highest BCUT2D eigenvalue weighted by Gasteiger charge is 2.15. The van der Waals surface area contributed by atoms with Crippen LogP contribution in [0.4, 0.5) is 5.95 Å². The van der Waals surface area contributed by atoms with Crippen molar-refractivity contribution in [1.29, 1.82) is 0 Å². The number of nitrogens with one attached hydrogen (secondary N) is 1. The molecule has 2 heterocycles. The van der Waals surface area contributed by atoms with Gasteiger partial charge < -0.3 is 5.73 Å². The van der Waals surface area contributed by atoms with Crippen LogP contribution in [-0.4, -0.2) is 24.7 Å². The third kappa shape index (κ3) is 2.49. The largest absolute Gasteiger partial charge is 0.368 e. The van der Waals surface area contributed by atoms with Crippen LogP contribution in [0.2, 0.25) is 0 Å². The highest BCUT2D eigenvalue weighted by molar-refractivity contribution is 7.99. The zero-order chi connectivity index (χ0) is 15.0. The molecule has 3 rings (SSSR count). The monoisotopic (exact) mass is 302 g/mol. The summed E-state index contributed by atoms with van der Waals surface area (Å²) in [5.74, 6) is 0.199. The minimum absolute atomic E-state index is 0.00389. The van der Waals surface area contributed by atoms with Gasteiger partial charge in [-0.1, -0.05) is 18.2 Å². The number of aromatic nitrogens is 5. The maximum atomic E-state index is 11.8. The van der Waals surface area contributed by atoms with E-state index in [0.717, 1.165) is 10.9 Å². The van der Waals surface area contributed by atoms with Crippen LogP contribution in [0.5, 0.6) is 0 Å². The van der Waals surface area contributed by atoms with Crippen molar-refractivity contribution in [2.75, 3.05) is 5.73 Å². The Morgan fingerprint density at radius 2 is 2.05 bits per heavy atom. The van der Waals surface area contributed by atoms with Gasteiger partial charge in [0.25, 0.3) is 0 Å². The topological polar surface area (TPSA) is 102 Å². The maximum absolute atomic E-state index is 11.8. The molecule has 0 spiro atoms. The molecule has 2 aromatic heterocycles. The van der Waals surface area contributed by atoms with Gasteiger partial charge in [-0.25, -0.2) is 19.9 Å². The van der Waals surface area contributed by atoms with Crippen LogP contribution in [0.1, 0.15) is 19.9 Å². The van der Waals surface area contributed by atoms with Crippen molar-refractivity contribution in [3.8, 4) is 0 Å². The van der Waals surface area contributed by atoms with Crippen LogP contribution in [-0.2, 0) is 0 Å². The number of fused-ring (bicyclic) bond motifs is 1. The number of hydrogen-bond acceptors (Lipinski definition) is 6. The number of nitrogens with two attached hydrogens (primary N) is 1. The third-order valence-electron chi connectivity index (χ3n) is 2.96. The third-order valence-corrected chi connectivity index (χ3v) is 3.94. The molecule has 0 saturated heterocycles. The molecule has 0 aliphatic heterocycles. The first-order chi connectivity index (χ1) is 10.1. The normalized spacial score (nSPS) is 11.4. The summed E-state index contributed by atoms with van der Waals surface area (Å²) < 4.78 is 1.58. The van der Waals surface area contributed by atoms with E-state index in [1.165, 1.54) is 11.8 Å². The molecule has 0 unspecified atom stereocenters. The van der Waals surface area contributed by atoms with E-state index in [-0.39, 0.29) is 17.7 Å². The summed E-state index contributed by atoms with van der Waals surface area (Å²) >= 11 is 1.30. The van der Waals surface area contributed by atoms with Crippen molar-refractivity contribution in [3.63, 3.8) is 0 Å². The average molecular weight is 302 g/mol. The molecule has 21 heavy (non-hydrogen) atoms. The average Bonchev–Trinajstić information content (AvgIpc) is 2.79. The molecule has 0 aliphatic rings. The summed E-state index contributed by atoms with van der Waals surface area (Å²) in [7, 11) is 0. The van der Waals surface area contributed by atoms with E-state index < -0.39 is 0 Å². The summed E-state index contributed by atoms with van der Waals surface area (Å²) in [6, 6.07) is 7.59. The molecule has 0 fully saturated rings. The van der Waals surface area contributed by atoms with Gasteiger partial charge in [0, 0.05) is 11.4 Å². The van der Waals surface area contributed by atoms with Gasteiger partial charge in [-0.15, -0.1) is 5.10 Å². The molecule has 8 heteroatoms. The van der Waals surface area contributed by atoms with Gasteiger partial charge in [-0.3, -0.25) is 4.57 Å². The number of aromatic amines is 1. The second kappa shape index (κ2) is 5.21. The van der Waals surface area contributed by atoms with Crippen molar-refractivity contribution < 1.29 is 0 Å². The number of para-hydroxylation sites is 1. The zero-order valence-electron chi connectivity index (χ0n) is 11.6. The molecule has 108 valence electrons. The lowest BCUT2D eigenvalue weighted by Gasteiger charge is -2.09. The number of benzene rings is 1. The number of nitrogen functional groups attached to an aromatic ring is 1. The van der Waals surface area contributed by atoms with E-state index in [2.05, 4.69) is 20.2 Å². The molecule has 0 aliphatic carbocycles. The maximum Gasteiger partial charge on any atom is 0.344 e. The van der Waals surface area contributed by atoms with Crippen molar-refractivity contribution in [2.45, 2.75) is 30.1 Å². The van der Waals surface area contributed by atoms with Gasteiger partial charge in [-0.2, -0.15) is 0 Å². The van der Waals surface area contributed by atoms with Crippen LogP contribution >= 0.6 is 11.8 Å². The van der Waals surface area contributed by atoms with Crippen molar-refractivity contribution in [3.05, 3.63) is 34.7 Å². The number of H-pyrrole nitrogens is 1. The Bertz CT molecular complexity index is 853. The van der Waals surface area contributed by atoms with Crippen LogP contribution in [0, 0.1) is 0 Å². The van der Waals surface area contributed by atoms with Crippen LogP contribution in [0.25, 0.3) is 10.9 Å². The Balaban J connectivity index is 2.13. The molecule has 7 nitrogen and oxygen atoms in total. The second-order valence-electron chi connectivity index (χ2n) is 4.78. The number of hydrogen-bond donors (Lipinski definition) is 2. The lowest BCUT2D eigenvalue weighted by atomic mass is 10.2. The molecular formula is C13H14N6OS. The molecule has 3 aromatic rings. The van der Waals surface area contributed by atoms with Gasteiger partial charge in [0.2, 0.25) is 5.95 Å². The summed E-state index contributed by atoms with van der Waals surface area (Å²) in [5, 5.41) is 8.63. The van der Waals surface area contributed by atoms with E-state index in [4.69, 9.17) is 5.73 Å². The lowest BCUT2D eigenvalue weighted by molar-refractivity contribution is 0.534. The predicted octanol–water partition coefficient (Wildman–Crippen LogP) is 1.83. The molecule has 3 N–H and O–H groups in total. The van der Waals surface area contributed by atoms with Gasteiger partial charge in [0.15, 0.2) is 5.16 Å². The molecule has 0 saturated carbocycles. The fraction of sp³-hybridized carbons (Fsp3) is 0.231. The smallest absolute Gasteiger partial charge is 0.344 e. The first-order valence-corrected chi connectivity index (χ1v) is 7.25. The van der Waals surface area contributed by atoms with E-state index >= 15 is 0 Å². The predicted molar refractivity (Wildman–Crippen MR) is 81.3 cm³/mol. The summed E-state index contributed by atoms with van der Waals surface area (Å²) in [6.07, 6.45) is 0. The van der Waals surface area contributed by atoms with Gasteiger partial charge >= 0.3 is 5.69 Å². The summed E-state index contributed by atoms with van der Waals surface area (Å²) in [5.41, 5.74) is 6.28. The summed E-state index contributed by atoms with van der Waals surface area (Å²) in [4.78, 5) is 20.2. The van der Waals surface area contributed by atoms with Gasteiger partial charge in [0.1, 0.15) is 5.03 Å². The molecular weight excluding hydrogens is 288 g/mol. The molecule has 0 bridgehead atoms. The molecule has 1 aromatic carbocycles. The number of anilines is 1. The van der Waals surface area contributed by atoms with E-state index in [1.54, 1.807) is 4.57 Å². The Hall–Kier alpha value is -2.35. The van der Waals surface area contributed by atoms with Gasteiger partial charge in [-0.05, 0) is 31.7 Å². The molecule has 0 radical (unpaired) electrons. The fourth-order valence-corrected chi connectivity index (χ4v) is 3.12. The highest BCUT2D eigenvalue weighted by Crippen LogP contribution is 2.30. The lowest BCUT2D eigenvalue weighted by Crippen LogP contribution is -2.19. The first-order valence-electron chi connectivity index (χ1n) is 6.43. The van der Waals surface area contributed by atoms with E-state index in [9.17, 15) is 4.79 Å². The zero-order valence-corrected chi connectivity index (χ0v) is 12.4. The van der Waals surface area contributed by atoms with Crippen molar-refractivity contribution >= 4 is 28.6 Å². The second-order valence-corrected chi connectivity index (χ2v) is 5.74. The van der Waals surface area contributed by atoms with Gasteiger partial charge in [0.05, 0.1) is 5.52 Å². The van der Waals surface area contributed by atoms with E-state index in [0.29, 0.717) is 10.2 Å². The molecule has 0 atom stereocenters. The minimum Gasteiger partial charge on any atom is -0.368 e. The highest BCUT2D eigenvalue weighted by atomic mass is 32.2. The number of rotatable bonds is 3. The fourth-order valence-electron chi connectivity index (χ4n) is 2.05. The minimum atomic E-state index is -0.237. The Morgan fingerprint density at radius 3 is 2.81 bits per heavy atom. The van der Waals surface area contributed by atoms with Crippen molar-refractivity contribution in [2.24, 2.45) is 0 Å². The first kappa shape index (κ1) is 13.6. The van der Waals surface area contributed by atoms with Crippen LogP contribution in [0.15, 0.2) is 39.2 Å². The standard InChI is InChI=1S/C13H14N6OS/c1-7(2)19-12(20)17-18-13(19)21-10-8-5-3-4-6-9(8)15-11(14)16-10/h3-7H,1-2H3,(H,17,20)(H2,14,15,16). The van der Waals surface area contributed by atoms with E-state index in [1.807, 2.05) is 38.1 Å². The Labute approximate surface area is 124 Å².